The molecule has 0 aromatic heterocycles. The summed E-state index contributed by atoms with van der Waals surface area (Å²) in [6.45, 7) is 1.60. The maximum Gasteiger partial charge on any atom is 0.265 e. The third-order valence-electron chi connectivity index (χ3n) is 3.19. The lowest BCUT2D eigenvalue weighted by atomic mass is 10.2. The molecule has 24 heavy (non-hydrogen) atoms. The molecule has 0 radical (unpaired) electrons. The molecular weight excluding hydrogens is 398 g/mol. The molecule has 0 saturated heterocycles. The van der Waals surface area contributed by atoms with Gasteiger partial charge in [-0.1, -0.05) is 11.6 Å². The Balaban J connectivity index is 2.13. The van der Waals surface area contributed by atoms with Gasteiger partial charge in [0.05, 0.1) is 7.11 Å². The maximum absolute atomic E-state index is 12.2. The van der Waals surface area contributed by atoms with E-state index in [1.54, 1.807) is 37.3 Å². The first kappa shape index (κ1) is 18.3. The minimum absolute atomic E-state index is 0.307. The van der Waals surface area contributed by atoms with Crippen LogP contribution in [0, 0.1) is 0 Å². The fourth-order valence-electron chi connectivity index (χ4n) is 1.91. The van der Waals surface area contributed by atoms with Crippen LogP contribution in [-0.4, -0.2) is 25.4 Å². The van der Waals surface area contributed by atoms with E-state index in [1.165, 1.54) is 13.2 Å². The van der Waals surface area contributed by atoms with E-state index in [0.717, 1.165) is 0 Å². The molecule has 2 aromatic carbocycles. The second-order valence-electron chi connectivity index (χ2n) is 4.90. The molecule has 0 aliphatic carbocycles. The Bertz CT molecular complexity index is 749. The Morgan fingerprint density at radius 3 is 2.50 bits per heavy atom. The number of rotatable bonds is 6. The van der Waals surface area contributed by atoms with Crippen molar-refractivity contribution in [2.24, 2.45) is 0 Å². The van der Waals surface area contributed by atoms with Gasteiger partial charge in [0.2, 0.25) is 0 Å². The Morgan fingerprint density at radius 2 is 1.92 bits per heavy atom. The zero-order chi connectivity index (χ0) is 17.7. The van der Waals surface area contributed by atoms with Gasteiger partial charge in [-0.15, -0.1) is 0 Å². The predicted molar refractivity (Wildman–Crippen MR) is 96.3 cm³/mol. The first-order chi connectivity index (χ1) is 11.4. The van der Waals surface area contributed by atoms with Crippen molar-refractivity contribution in [2.75, 3.05) is 12.4 Å². The number of ether oxygens (including phenoxy) is 2. The number of anilines is 1. The minimum atomic E-state index is -0.796. The van der Waals surface area contributed by atoms with Crippen LogP contribution in [0.3, 0.4) is 0 Å². The number of carbonyl (C=O) groups is 2. The van der Waals surface area contributed by atoms with Crippen molar-refractivity contribution in [1.82, 2.24) is 0 Å². The molecule has 1 N–H and O–H groups in total. The largest absolute Gasteiger partial charge is 0.493 e. The van der Waals surface area contributed by atoms with Crippen molar-refractivity contribution in [3.63, 3.8) is 0 Å². The molecule has 0 spiro atoms. The number of amides is 1. The van der Waals surface area contributed by atoms with Gasteiger partial charge in [-0.3, -0.25) is 9.59 Å². The van der Waals surface area contributed by atoms with Gasteiger partial charge >= 0.3 is 0 Å². The second kappa shape index (κ2) is 8.17. The summed E-state index contributed by atoms with van der Waals surface area (Å²) >= 11 is 9.08. The summed E-state index contributed by atoms with van der Waals surface area (Å²) in [6.07, 6.45) is -0.107. The quantitative estimate of drug-likeness (QED) is 0.717. The highest BCUT2D eigenvalue weighted by atomic mass is 79.9. The topological polar surface area (TPSA) is 64.6 Å². The van der Waals surface area contributed by atoms with Crippen molar-refractivity contribution in [3.05, 3.63) is 51.5 Å². The van der Waals surface area contributed by atoms with E-state index in [4.69, 9.17) is 21.1 Å². The molecule has 1 amide bonds. The summed E-state index contributed by atoms with van der Waals surface area (Å²) in [7, 11) is 1.48. The first-order valence-electron chi connectivity index (χ1n) is 7.00. The normalized spacial score (nSPS) is 11.5. The van der Waals surface area contributed by atoms with Crippen molar-refractivity contribution in [2.45, 2.75) is 13.0 Å². The molecule has 2 rings (SSSR count). The molecule has 0 heterocycles. The molecule has 126 valence electrons. The van der Waals surface area contributed by atoms with E-state index in [1.807, 2.05) is 0 Å². The lowest BCUT2D eigenvalue weighted by Gasteiger charge is -2.17. The Hall–Kier alpha value is -2.05. The maximum atomic E-state index is 12.2. The molecule has 1 atom stereocenters. The van der Waals surface area contributed by atoms with E-state index >= 15 is 0 Å². The summed E-state index contributed by atoms with van der Waals surface area (Å²) in [5, 5.41) is 3.31. The van der Waals surface area contributed by atoms with Gasteiger partial charge in [0.1, 0.15) is 0 Å². The number of hydrogen-bond acceptors (Lipinski definition) is 4. The number of nitrogens with one attached hydrogen (secondary N) is 1. The number of aldehydes is 1. The number of carbonyl (C=O) groups excluding carboxylic acids is 2. The Morgan fingerprint density at radius 1 is 1.25 bits per heavy atom. The van der Waals surface area contributed by atoms with Crippen LogP contribution in [0.2, 0.25) is 5.02 Å². The van der Waals surface area contributed by atoms with Crippen molar-refractivity contribution in [1.29, 1.82) is 0 Å². The monoisotopic (exact) mass is 411 g/mol. The van der Waals surface area contributed by atoms with Gasteiger partial charge in [0.15, 0.2) is 23.9 Å². The van der Waals surface area contributed by atoms with Gasteiger partial charge in [-0.25, -0.2) is 0 Å². The second-order valence-corrected chi connectivity index (χ2v) is 6.19. The Kier molecular flexibility index (Phi) is 6.23. The lowest BCUT2D eigenvalue weighted by Crippen LogP contribution is -2.30. The third kappa shape index (κ3) is 4.49. The number of methoxy groups -OCH3 is 1. The zero-order valence-electron chi connectivity index (χ0n) is 13.0. The summed E-state index contributed by atoms with van der Waals surface area (Å²) in [6, 6.07) is 9.87. The van der Waals surface area contributed by atoms with Crippen molar-refractivity contribution >= 4 is 45.4 Å². The van der Waals surface area contributed by atoms with Crippen molar-refractivity contribution in [3.8, 4) is 11.5 Å². The summed E-state index contributed by atoms with van der Waals surface area (Å²) in [5.74, 6) is 0.384. The molecule has 2 aromatic rings. The van der Waals surface area contributed by atoms with Crippen LogP contribution < -0.4 is 14.8 Å². The molecular formula is C17H15BrClNO4. The number of benzene rings is 2. The highest BCUT2D eigenvalue weighted by Gasteiger charge is 2.18. The highest BCUT2D eigenvalue weighted by Crippen LogP contribution is 2.33. The first-order valence-corrected chi connectivity index (χ1v) is 8.17. The molecule has 0 fully saturated rings. The standard InChI is InChI=1S/C17H15BrClNO4/c1-10(17(22)20-13-5-3-12(19)4-6-13)24-16-7-11(9-21)14(18)8-15(16)23-2/h3-10H,1-2H3,(H,20,22)/t10-/m0/s1. The summed E-state index contributed by atoms with van der Waals surface area (Å²) < 4.78 is 11.5. The average Bonchev–Trinajstić information content (AvgIpc) is 2.57. The summed E-state index contributed by atoms with van der Waals surface area (Å²) in [4.78, 5) is 23.3. The van der Waals surface area contributed by atoms with Gasteiger partial charge in [-0.2, -0.15) is 0 Å². The molecule has 5 nitrogen and oxygen atoms in total. The van der Waals surface area contributed by atoms with Crippen LogP contribution in [0.4, 0.5) is 5.69 Å². The van der Waals surface area contributed by atoms with Gasteiger partial charge < -0.3 is 14.8 Å². The third-order valence-corrected chi connectivity index (χ3v) is 4.13. The van der Waals surface area contributed by atoms with E-state index in [9.17, 15) is 9.59 Å². The van der Waals surface area contributed by atoms with E-state index < -0.39 is 6.10 Å². The molecule has 0 aliphatic heterocycles. The minimum Gasteiger partial charge on any atom is -0.493 e. The fourth-order valence-corrected chi connectivity index (χ4v) is 2.46. The fraction of sp³-hybridized carbons (Fsp3) is 0.176. The van der Waals surface area contributed by atoms with Crippen LogP contribution >= 0.6 is 27.5 Å². The Labute approximate surface area is 153 Å². The van der Waals surface area contributed by atoms with E-state index in [-0.39, 0.29) is 5.91 Å². The number of halogens is 2. The molecule has 0 bridgehead atoms. The van der Waals surface area contributed by atoms with Gasteiger partial charge in [0, 0.05) is 20.7 Å². The van der Waals surface area contributed by atoms with Crippen LogP contribution in [0.15, 0.2) is 40.9 Å². The molecule has 0 unspecified atom stereocenters. The van der Waals surface area contributed by atoms with E-state index in [0.29, 0.717) is 38.5 Å². The molecule has 0 saturated carbocycles. The SMILES string of the molecule is COc1cc(Br)c(C=O)cc1O[C@@H](C)C(=O)Nc1ccc(Cl)cc1. The van der Waals surface area contributed by atoms with Crippen LogP contribution in [-0.2, 0) is 4.79 Å². The van der Waals surface area contributed by atoms with Gasteiger partial charge in [0.25, 0.3) is 5.91 Å². The van der Waals surface area contributed by atoms with Crippen LogP contribution in [0.1, 0.15) is 17.3 Å². The van der Waals surface area contributed by atoms with Crippen LogP contribution in [0.5, 0.6) is 11.5 Å². The molecule has 0 aliphatic rings. The number of hydrogen-bond donors (Lipinski definition) is 1. The van der Waals surface area contributed by atoms with E-state index in [2.05, 4.69) is 21.2 Å². The lowest BCUT2D eigenvalue weighted by molar-refractivity contribution is -0.122. The van der Waals surface area contributed by atoms with Crippen LogP contribution in [0.25, 0.3) is 0 Å². The molecule has 7 heteroatoms. The van der Waals surface area contributed by atoms with Gasteiger partial charge in [-0.05, 0) is 59.3 Å². The average molecular weight is 413 g/mol. The smallest absolute Gasteiger partial charge is 0.265 e. The zero-order valence-corrected chi connectivity index (χ0v) is 15.3. The predicted octanol–water partition coefficient (Wildman–Crippen LogP) is 4.33. The summed E-state index contributed by atoms with van der Waals surface area (Å²) in [5.41, 5.74) is 1.01. The highest BCUT2D eigenvalue weighted by molar-refractivity contribution is 9.10. The van der Waals surface area contributed by atoms with Crippen molar-refractivity contribution < 1.29 is 19.1 Å².